The van der Waals surface area contributed by atoms with E-state index >= 15 is 0 Å². The minimum absolute atomic E-state index is 0.380. The van der Waals surface area contributed by atoms with Crippen molar-refractivity contribution in [3.63, 3.8) is 0 Å². The lowest BCUT2D eigenvalue weighted by Gasteiger charge is -2.35. The molecule has 0 aromatic rings. The Kier molecular flexibility index (Phi) is 8.25. The SMILES string of the molecule is CCCCCCCCCCC1(C(=O)O)CCC(C)CC1. The predicted molar refractivity (Wildman–Crippen MR) is 84.9 cm³/mol. The number of carboxylic acids is 1. The topological polar surface area (TPSA) is 37.3 Å². The van der Waals surface area contributed by atoms with Crippen LogP contribution >= 0.6 is 0 Å². The monoisotopic (exact) mass is 282 g/mol. The summed E-state index contributed by atoms with van der Waals surface area (Å²) in [5, 5.41) is 9.57. The molecule has 0 bridgehead atoms. The highest BCUT2D eigenvalue weighted by atomic mass is 16.4. The molecule has 0 unspecified atom stereocenters. The normalized spacial score (nSPS) is 26.6. The quantitative estimate of drug-likeness (QED) is 0.514. The van der Waals surface area contributed by atoms with Crippen LogP contribution in [0.2, 0.25) is 0 Å². The maximum Gasteiger partial charge on any atom is 0.309 e. The van der Waals surface area contributed by atoms with Crippen molar-refractivity contribution in [1.82, 2.24) is 0 Å². The molecule has 0 spiro atoms. The van der Waals surface area contributed by atoms with Gasteiger partial charge in [-0.3, -0.25) is 4.79 Å². The van der Waals surface area contributed by atoms with E-state index in [2.05, 4.69) is 13.8 Å². The zero-order valence-electron chi connectivity index (χ0n) is 13.6. The summed E-state index contributed by atoms with van der Waals surface area (Å²) < 4.78 is 0. The molecule has 1 aliphatic carbocycles. The van der Waals surface area contributed by atoms with E-state index in [1.807, 2.05) is 0 Å². The molecule has 0 saturated heterocycles. The molecule has 2 nitrogen and oxygen atoms in total. The summed E-state index contributed by atoms with van der Waals surface area (Å²) in [6, 6.07) is 0. The fourth-order valence-corrected chi connectivity index (χ4v) is 3.48. The number of unbranched alkanes of at least 4 members (excludes halogenated alkanes) is 7. The Hall–Kier alpha value is -0.530. The summed E-state index contributed by atoms with van der Waals surface area (Å²) in [5.74, 6) is 0.188. The van der Waals surface area contributed by atoms with Crippen LogP contribution in [0.3, 0.4) is 0 Å². The molecule has 1 fully saturated rings. The Balaban J connectivity index is 2.16. The molecule has 0 heterocycles. The van der Waals surface area contributed by atoms with E-state index in [0.717, 1.165) is 44.4 Å². The molecule has 1 aliphatic rings. The molecular formula is C18H34O2. The number of carbonyl (C=O) groups is 1. The molecule has 0 aliphatic heterocycles. The summed E-state index contributed by atoms with van der Waals surface area (Å²) >= 11 is 0. The lowest BCUT2D eigenvalue weighted by Crippen LogP contribution is -2.35. The zero-order valence-corrected chi connectivity index (χ0v) is 13.6. The number of rotatable bonds is 10. The molecule has 1 saturated carbocycles. The van der Waals surface area contributed by atoms with Crippen LogP contribution in [0.15, 0.2) is 0 Å². The van der Waals surface area contributed by atoms with Gasteiger partial charge in [0.15, 0.2) is 0 Å². The van der Waals surface area contributed by atoms with Crippen molar-refractivity contribution in [2.45, 2.75) is 97.3 Å². The Morgan fingerprint density at radius 1 is 1.00 bits per heavy atom. The van der Waals surface area contributed by atoms with E-state index in [9.17, 15) is 9.90 Å². The number of carboxylic acid groups (broad SMARTS) is 1. The van der Waals surface area contributed by atoms with Crippen LogP contribution in [0, 0.1) is 11.3 Å². The lowest BCUT2D eigenvalue weighted by atomic mass is 9.68. The second-order valence-corrected chi connectivity index (χ2v) is 6.99. The second kappa shape index (κ2) is 9.41. The van der Waals surface area contributed by atoms with E-state index in [0.29, 0.717) is 0 Å². The number of hydrogen-bond acceptors (Lipinski definition) is 1. The first-order valence-corrected chi connectivity index (χ1v) is 8.84. The van der Waals surface area contributed by atoms with Crippen LogP contribution in [-0.4, -0.2) is 11.1 Å². The largest absolute Gasteiger partial charge is 0.481 e. The van der Waals surface area contributed by atoms with Crippen molar-refractivity contribution in [3.8, 4) is 0 Å². The fourth-order valence-electron chi connectivity index (χ4n) is 3.48. The average molecular weight is 282 g/mol. The third-order valence-electron chi connectivity index (χ3n) is 5.19. The van der Waals surface area contributed by atoms with Crippen molar-refractivity contribution in [2.75, 3.05) is 0 Å². The van der Waals surface area contributed by atoms with Crippen molar-refractivity contribution in [3.05, 3.63) is 0 Å². The third kappa shape index (κ3) is 5.85. The van der Waals surface area contributed by atoms with E-state index in [1.165, 1.54) is 44.9 Å². The van der Waals surface area contributed by atoms with Gasteiger partial charge in [0, 0.05) is 0 Å². The smallest absolute Gasteiger partial charge is 0.309 e. The van der Waals surface area contributed by atoms with Gasteiger partial charge in [0.2, 0.25) is 0 Å². The first kappa shape index (κ1) is 17.5. The Morgan fingerprint density at radius 3 is 2.00 bits per heavy atom. The van der Waals surface area contributed by atoms with Gasteiger partial charge in [-0.1, -0.05) is 65.2 Å². The predicted octanol–water partition coefficient (Wildman–Crippen LogP) is 5.80. The first-order chi connectivity index (χ1) is 9.60. The molecule has 2 heteroatoms. The standard InChI is InChI=1S/C18H34O2/c1-3-4-5-6-7-8-9-10-13-18(17(19)20)14-11-16(2)12-15-18/h16H,3-15H2,1-2H3,(H,19,20). The minimum atomic E-state index is -0.535. The Labute approximate surface area is 125 Å². The van der Waals surface area contributed by atoms with Gasteiger partial charge in [0.1, 0.15) is 0 Å². The lowest BCUT2D eigenvalue weighted by molar-refractivity contribution is -0.152. The second-order valence-electron chi connectivity index (χ2n) is 6.99. The van der Waals surface area contributed by atoms with Gasteiger partial charge in [-0.05, 0) is 38.0 Å². The molecule has 1 rings (SSSR count). The van der Waals surface area contributed by atoms with Crippen molar-refractivity contribution < 1.29 is 9.90 Å². The van der Waals surface area contributed by atoms with Crippen LogP contribution in [0.1, 0.15) is 97.3 Å². The summed E-state index contributed by atoms with van der Waals surface area (Å²) in [6.45, 7) is 4.50. The van der Waals surface area contributed by atoms with Gasteiger partial charge in [-0.25, -0.2) is 0 Å². The van der Waals surface area contributed by atoms with Crippen LogP contribution < -0.4 is 0 Å². The van der Waals surface area contributed by atoms with Gasteiger partial charge in [0.25, 0.3) is 0 Å². The highest BCUT2D eigenvalue weighted by Crippen LogP contribution is 2.43. The molecule has 0 radical (unpaired) electrons. The van der Waals surface area contributed by atoms with Gasteiger partial charge in [-0.15, -0.1) is 0 Å². The fraction of sp³-hybridized carbons (Fsp3) is 0.944. The maximum absolute atomic E-state index is 11.6. The summed E-state index contributed by atoms with van der Waals surface area (Å²) in [7, 11) is 0. The Morgan fingerprint density at radius 2 is 1.50 bits per heavy atom. The number of aliphatic carboxylic acids is 1. The van der Waals surface area contributed by atoms with Crippen LogP contribution in [0.25, 0.3) is 0 Å². The third-order valence-corrected chi connectivity index (χ3v) is 5.19. The average Bonchev–Trinajstić information content (AvgIpc) is 2.44. The highest BCUT2D eigenvalue weighted by molar-refractivity contribution is 5.74. The summed E-state index contributed by atoms with van der Waals surface area (Å²) in [5.41, 5.74) is -0.380. The highest BCUT2D eigenvalue weighted by Gasteiger charge is 2.40. The van der Waals surface area contributed by atoms with Crippen molar-refractivity contribution >= 4 is 5.97 Å². The van der Waals surface area contributed by atoms with E-state index in [4.69, 9.17) is 0 Å². The van der Waals surface area contributed by atoms with Gasteiger partial charge >= 0.3 is 5.97 Å². The molecule has 0 aromatic carbocycles. The van der Waals surface area contributed by atoms with Gasteiger partial charge in [-0.2, -0.15) is 0 Å². The zero-order chi connectivity index (χ0) is 14.8. The molecule has 0 amide bonds. The molecule has 0 aromatic heterocycles. The molecule has 118 valence electrons. The van der Waals surface area contributed by atoms with E-state index in [1.54, 1.807) is 0 Å². The van der Waals surface area contributed by atoms with Crippen molar-refractivity contribution in [1.29, 1.82) is 0 Å². The first-order valence-electron chi connectivity index (χ1n) is 8.84. The van der Waals surface area contributed by atoms with Gasteiger partial charge in [0.05, 0.1) is 5.41 Å². The van der Waals surface area contributed by atoms with Crippen LogP contribution in [0.4, 0.5) is 0 Å². The van der Waals surface area contributed by atoms with Crippen LogP contribution in [-0.2, 0) is 4.79 Å². The van der Waals surface area contributed by atoms with Crippen LogP contribution in [0.5, 0.6) is 0 Å². The molecule has 20 heavy (non-hydrogen) atoms. The number of hydrogen-bond donors (Lipinski definition) is 1. The maximum atomic E-state index is 11.6. The summed E-state index contributed by atoms with van der Waals surface area (Å²) in [4.78, 5) is 11.6. The molecular weight excluding hydrogens is 248 g/mol. The minimum Gasteiger partial charge on any atom is -0.481 e. The molecule has 0 atom stereocenters. The van der Waals surface area contributed by atoms with E-state index < -0.39 is 5.97 Å². The van der Waals surface area contributed by atoms with E-state index in [-0.39, 0.29) is 5.41 Å². The van der Waals surface area contributed by atoms with Gasteiger partial charge < -0.3 is 5.11 Å². The molecule has 1 N–H and O–H groups in total. The summed E-state index contributed by atoms with van der Waals surface area (Å²) in [6.07, 6.45) is 15.2. The Bertz CT molecular complexity index is 265. The van der Waals surface area contributed by atoms with Crippen molar-refractivity contribution in [2.24, 2.45) is 11.3 Å².